The van der Waals surface area contributed by atoms with Crippen molar-refractivity contribution < 1.29 is 14.4 Å². The number of benzene rings is 1. The van der Waals surface area contributed by atoms with Crippen molar-refractivity contribution in [1.29, 1.82) is 0 Å². The van der Waals surface area contributed by atoms with Crippen LogP contribution in [0, 0.1) is 11.8 Å². The molecule has 2 fully saturated rings. The van der Waals surface area contributed by atoms with E-state index >= 15 is 0 Å². The van der Waals surface area contributed by atoms with Crippen LogP contribution in [0.25, 0.3) is 0 Å². The van der Waals surface area contributed by atoms with Gasteiger partial charge in [0.05, 0.1) is 6.04 Å². The van der Waals surface area contributed by atoms with Crippen LogP contribution in [-0.4, -0.2) is 23.5 Å². The molecule has 1 aromatic carbocycles. The lowest BCUT2D eigenvalue weighted by atomic mass is 9.85. The van der Waals surface area contributed by atoms with Crippen LogP contribution in [0.15, 0.2) is 24.3 Å². The quantitative estimate of drug-likeness (QED) is 0.635. The predicted molar refractivity (Wildman–Crippen MR) is 83.9 cm³/mol. The Morgan fingerprint density at radius 2 is 1.73 bits per heavy atom. The molecule has 2 atom stereocenters. The van der Waals surface area contributed by atoms with E-state index in [4.69, 9.17) is 11.6 Å². The van der Waals surface area contributed by atoms with Crippen molar-refractivity contribution in [2.45, 2.75) is 38.6 Å². The Hall–Kier alpha value is -1.68. The van der Waals surface area contributed by atoms with E-state index in [0.717, 1.165) is 25.7 Å². The summed E-state index contributed by atoms with van der Waals surface area (Å²) < 4.78 is 0. The first-order valence-corrected chi connectivity index (χ1v) is 8.02. The highest BCUT2D eigenvalue weighted by Gasteiger charge is 2.53. The smallest absolute Gasteiger partial charge is 0.295 e. The maximum Gasteiger partial charge on any atom is 0.295 e. The molecule has 1 saturated carbocycles. The molecule has 1 amide bonds. The monoisotopic (exact) mass is 319 g/mol. The van der Waals surface area contributed by atoms with E-state index in [0.29, 0.717) is 10.7 Å². The molecule has 5 heteroatoms. The Labute approximate surface area is 134 Å². The van der Waals surface area contributed by atoms with Gasteiger partial charge in [-0.05, 0) is 49.9 Å². The molecule has 0 spiro atoms. The average Bonchev–Trinajstić information content (AvgIpc) is 3.08. The molecule has 1 aromatic rings. The van der Waals surface area contributed by atoms with Crippen molar-refractivity contribution in [3.63, 3.8) is 0 Å². The first kappa shape index (κ1) is 15.2. The molecule has 1 saturated heterocycles. The van der Waals surface area contributed by atoms with Crippen LogP contribution < -0.4 is 4.90 Å². The van der Waals surface area contributed by atoms with Gasteiger partial charge in [-0.25, -0.2) is 0 Å². The number of ketones is 2. The second-order valence-electron chi connectivity index (χ2n) is 6.14. The summed E-state index contributed by atoms with van der Waals surface area (Å²) in [7, 11) is 0. The lowest BCUT2D eigenvalue weighted by Crippen LogP contribution is -2.42. The fraction of sp³-hybridized carbons (Fsp3) is 0.471. The summed E-state index contributed by atoms with van der Waals surface area (Å²) in [5, 5.41) is 0.572. The first-order valence-electron chi connectivity index (χ1n) is 7.64. The number of rotatable bonds is 3. The summed E-state index contributed by atoms with van der Waals surface area (Å²) in [6.45, 7) is 1.41. The number of nitrogens with zero attached hydrogens (tertiary/aromatic N) is 1. The summed E-state index contributed by atoms with van der Waals surface area (Å²) in [6.07, 6.45) is 4.09. The van der Waals surface area contributed by atoms with Crippen LogP contribution in [0.1, 0.15) is 32.6 Å². The molecule has 0 aromatic heterocycles. The van der Waals surface area contributed by atoms with Crippen molar-refractivity contribution in [2.24, 2.45) is 11.8 Å². The number of hydrogen-bond acceptors (Lipinski definition) is 3. The summed E-state index contributed by atoms with van der Waals surface area (Å²) in [5.74, 6) is -1.98. The number of carbonyl (C=O) groups is 3. The minimum absolute atomic E-state index is 0.208. The number of anilines is 1. The summed E-state index contributed by atoms with van der Waals surface area (Å²) in [6, 6.07) is 6.51. The standard InChI is InChI=1S/C17H18ClNO3/c1-10(20)14-15(11-4-2-3-5-11)19(17(22)16(14)21)13-8-6-12(18)7-9-13/h6-9,11,14-15H,2-5H2,1H3/t14?,15-/m1/s1. The van der Waals surface area contributed by atoms with Crippen LogP contribution in [0.2, 0.25) is 5.02 Å². The van der Waals surface area contributed by atoms with Crippen LogP contribution >= 0.6 is 11.6 Å². The summed E-state index contributed by atoms with van der Waals surface area (Å²) in [4.78, 5) is 38.3. The van der Waals surface area contributed by atoms with Gasteiger partial charge in [0.2, 0.25) is 5.78 Å². The van der Waals surface area contributed by atoms with Gasteiger partial charge in [0, 0.05) is 10.7 Å². The van der Waals surface area contributed by atoms with Gasteiger partial charge >= 0.3 is 0 Å². The Kier molecular flexibility index (Phi) is 4.04. The molecule has 0 radical (unpaired) electrons. The Balaban J connectivity index is 2.04. The lowest BCUT2D eigenvalue weighted by molar-refractivity contribution is -0.138. The van der Waals surface area contributed by atoms with E-state index in [1.165, 1.54) is 11.8 Å². The Morgan fingerprint density at radius 3 is 2.27 bits per heavy atom. The van der Waals surface area contributed by atoms with Crippen molar-refractivity contribution in [2.75, 3.05) is 4.90 Å². The number of halogens is 1. The third kappa shape index (κ3) is 2.45. The Bertz CT molecular complexity index is 619. The highest BCUT2D eigenvalue weighted by molar-refractivity contribution is 6.48. The predicted octanol–water partition coefficient (Wildman–Crippen LogP) is 3.02. The fourth-order valence-electron chi connectivity index (χ4n) is 3.79. The number of Topliss-reactive ketones (excluding diaryl/α,β-unsaturated/α-hetero) is 2. The van der Waals surface area contributed by atoms with E-state index in [1.807, 2.05) is 0 Å². The third-order valence-electron chi connectivity index (χ3n) is 4.78. The lowest BCUT2D eigenvalue weighted by Gasteiger charge is -2.31. The minimum Gasteiger partial charge on any atom is -0.301 e. The molecule has 1 unspecified atom stereocenters. The third-order valence-corrected chi connectivity index (χ3v) is 5.03. The van der Waals surface area contributed by atoms with E-state index < -0.39 is 17.6 Å². The zero-order chi connectivity index (χ0) is 15.9. The zero-order valence-corrected chi connectivity index (χ0v) is 13.2. The van der Waals surface area contributed by atoms with Gasteiger partial charge in [0.25, 0.3) is 5.91 Å². The largest absolute Gasteiger partial charge is 0.301 e. The minimum atomic E-state index is -0.828. The number of hydrogen-bond donors (Lipinski definition) is 0. The van der Waals surface area contributed by atoms with Gasteiger partial charge in [-0.15, -0.1) is 0 Å². The van der Waals surface area contributed by atoms with Crippen molar-refractivity contribution in [1.82, 2.24) is 0 Å². The van der Waals surface area contributed by atoms with Crippen molar-refractivity contribution in [3.8, 4) is 0 Å². The normalized spacial score (nSPS) is 26.0. The Morgan fingerprint density at radius 1 is 1.14 bits per heavy atom. The molecule has 1 heterocycles. The van der Waals surface area contributed by atoms with E-state index in [-0.39, 0.29) is 17.7 Å². The molecule has 1 aliphatic heterocycles. The molecule has 22 heavy (non-hydrogen) atoms. The SMILES string of the molecule is CC(=O)C1C(=O)C(=O)N(c2ccc(Cl)cc2)[C@@H]1C1CCCC1. The summed E-state index contributed by atoms with van der Waals surface area (Å²) in [5.41, 5.74) is 0.642. The summed E-state index contributed by atoms with van der Waals surface area (Å²) >= 11 is 5.90. The van der Waals surface area contributed by atoms with E-state index in [9.17, 15) is 14.4 Å². The van der Waals surface area contributed by atoms with Crippen LogP contribution in [0.5, 0.6) is 0 Å². The van der Waals surface area contributed by atoms with Crippen LogP contribution in [0.3, 0.4) is 0 Å². The van der Waals surface area contributed by atoms with Crippen LogP contribution in [-0.2, 0) is 14.4 Å². The molecule has 1 aliphatic carbocycles. The van der Waals surface area contributed by atoms with Gasteiger partial charge in [0.15, 0.2) is 0 Å². The highest BCUT2D eigenvalue weighted by Crippen LogP contribution is 2.40. The number of amides is 1. The second-order valence-corrected chi connectivity index (χ2v) is 6.58. The molecule has 2 aliphatic rings. The topological polar surface area (TPSA) is 54.5 Å². The van der Waals surface area contributed by atoms with E-state index in [2.05, 4.69) is 0 Å². The molecular weight excluding hydrogens is 302 g/mol. The molecule has 3 rings (SSSR count). The molecular formula is C17H18ClNO3. The molecule has 116 valence electrons. The molecule has 0 bridgehead atoms. The van der Waals surface area contributed by atoms with E-state index in [1.54, 1.807) is 24.3 Å². The molecule has 4 nitrogen and oxygen atoms in total. The maximum absolute atomic E-state index is 12.5. The number of carbonyl (C=O) groups excluding carboxylic acids is 3. The van der Waals surface area contributed by atoms with Gasteiger partial charge in [0.1, 0.15) is 11.7 Å². The van der Waals surface area contributed by atoms with Crippen molar-refractivity contribution in [3.05, 3.63) is 29.3 Å². The van der Waals surface area contributed by atoms with Gasteiger partial charge < -0.3 is 4.90 Å². The average molecular weight is 320 g/mol. The van der Waals surface area contributed by atoms with Crippen molar-refractivity contribution >= 4 is 34.8 Å². The van der Waals surface area contributed by atoms with Gasteiger partial charge in [-0.3, -0.25) is 14.4 Å². The maximum atomic E-state index is 12.5. The zero-order valence-electron chi connectivity index (χ0n) is 12.4. The van der Waals surface area contributed by atoms with Gasteiger partial charge in [-0.2, -0.15) is 0 Å². The first-order chi connectivity index (χ1) is 10.5. The fourth-order valence-corrected chi connectivity index (χ4v) is 3.92. The van der Waals surface area contributed by atoms with Crippen LogP contribution in [0.4, 0.5) is 5.69 Å². The highest BCUT2D eigenvalue weighted by atomic mass is 35.5. The van der Waals surface area contributed by atoms with Gasteiger partial charge in [-0.1, -0.05) is 24.4 Å². The second kappa shape index (κ2) is 5.84. The molecule has 0 N–H and O–H groups in total.